The summed E-state index contributed by atoms with van der Waals surface area (Å²) in [6.07, 6.45) is 7.36. The van der Waals surface area contributed by atoms with Crippen molar-refractivity contribution in [3.63, 3.8) is 0 Å². The number of aryl methyl sites for hydroxylation is 2. The highest BCUT2D eigenvalue weighted by Crippen LogP contribution is 2.37. The maximum absolute atomic E-state index is 4.80. The Morgan fingerprint density at radius 2 is 1.48 bits per heavy atom. The molecule has 25 heavy (non-hydrogen) atoms. The highest BCUT2D eigenvalue weighted by atomic mass is 32.2. The minimum atomic E-state index is 0.706. The topological polar surface area (TPSA) is 17.8 Å². The molecule has 1 fully saturated rings. The van der Waals surface area contributed by atoms with Crippen LogP contribution in [0.25, 0.3) is 16.9 Å². The van der Waals surface area contributed by atoms with Crippen molar-refractivity contribution in [1.82, 2.24) is 9.55 Å². The summed E-state index contributed by atoms with van der Waals surface area (Å²) in [6.45, 7) is 4.26. The van der Waals surface area contributed by atoms with Crippen LogP contribution in [0.5, 0.6) is 0 Å². The standard InChI is InChI=1S/C22H24N2S/c1-16-7-11-18(12-8-16)21-15-23-22(25-20-5-3-4-6-20)24(21)19-13-9-17(2)10-14-19/h7-15,20H,3-6H2,1-2H3. The van der Waals surface area contributed by atoms with E-state index in [1.165, 1.54) is 53.8 Å². The lowest BCUT2D eigenvalue weighted by molar-refractivity contribution is 0.861. The van der Waals surface area contributed by atoms with Gasteiger partial charge in [0.25, 0.3) is 0 Å². The first-order valence-corrected chi connectivity index (χ1v) is 9.97. The van der Waals surface area contributed by atoms with Crippen molar-refractivity contribution in [2.45, 2.75) is 49.9 Å². The van der Waals surface area contributed by atoms with E-state index in [1.807, 2.05) is 18.0 Å². The average Bonchev–Trinajstić information content (AvgIpc) is 3.27. The van der Waals surface area contributed by atoms with Crippen LogP contribution in [0.3, 0.4) is 0 Å². The molecule has 4 rings (SSSR count). The van der Waals surface area contributed by atoms with E-state index in [2.05, 4.69) is 66.9 Å². The van der Waals surface area contributed by atoms with Crippen molar-refractivity contribution in [2.24, 2.45) is 0 Å². The molecule has 0 bridgehead atoms. The van der Waals surface area contributed by atoms with E-state index < -0.39 is 0 Å². The van der Waals surface area contributed by atoms with Crippen LogP contribution in [0.1, 0.15) is 36.8 Å². The predicted octanol–water partition coefficient (Wildman–Crippen LogP) is 6.19. The van der Waals surface area contributed by atoms with Crippen molar-refractivity contribution in [1.29, 1.82) is 0 Å². The lowest BCUT2D eigenvalue weighted by Gasteiger charge is -2.14. The third-order valence-electron chi connectivity index (χ3n) is 4.94. The van der Waals surface area contributed by atoms with Crippen molar-refractivity contribution in [3.05, 3.63) is 65.9 Å². The molecule has 0 N–H and O–H groups in total. The number of hydrogen-bond acceptors (Lipinski definition) is 2. The number of nitrogens with zero attached hydrogens (tertiary/aromatic N) is 2. The molecule has 0 atom stereocenters. The molecule has 0 unspecified atom stereocenters. The molecule has 0 saturated heterocycles. The maximum Gasteiger partial charge on any atom is 0.173 e. The summed E-state index contributed by atoms with van der Waals surface area (Å²) in [7, 11) is 0. The first kappa shape index (κ1) is 16.5. The van der Waals surface area contributed by atoms with Gasteiger partial charge in [0.2, 0.25) is 0 Å². The van der Waals surface area contributed by atoms with E-state index >= 15 is 0 Å². The van der Waals surface area contributed by atoms with E-state index in [1.54, 1.807) is 0 Å². The van der Waals surface area contributed by atoms with Gasteiger partial charge >= 0.3 is 0 Å². The normalized spacial score (nSPS) is 15.0. The van der Waals surface area contributed by atoms with Crippen molar-refractivity contribution >= 4 is 11.8 Å². The average molecular weight is 349 g/mol. The van der Waals surface area contributed by atoms with Crippen molar-refractivity contribution in [2.75, 3.05) is 0 Å². The van der Waals surface area contributed by atoms with Crippen LogP contribution in [0.4, 0.5) is 0 Å². The van der Waals surface area contributed by atoms with Crippen LogP contribution in [0.2, 0.25) is 0 Å². The summed E-state index contributed by atoms with van der Waals surface area (Å²) >= 11 is 1.95. The van der Waals surface area contributed by atoms with Gasteiger partial charge in [0.05, 0.1) is 11.9 Å². The second-order valence-corrected chi connectivity index (χ2v) is 8.25. The van der Waals surface area contributed by atoms with Crippen LogP contribution < -0.4 is 0 Å². The summed E-state index contributed by atoms with van der Waals surface area (Å²) in [4.78, 5) is 4.80. The molecule has 2 aromatic carbocycles. The monoisotopic (exact) mass is 348 g/mol. The number of thioether (sulfide) groups is 1. The smallest absolute Gasteiger partial charge is 0.173 e. The molecule has 1 saturated carbocycles. The lowest BCUT2D eigenvalue weighted by atomic mass is 10.1. The molecule has 128 valence electrons. The van der Waals surface area contributed by atoms with Gasteiger partial charge in [-0.25, -0.2) is 4.98 Å². The van der Waals surface area contributed by atoms with Gasteiger partial charge in [-0.2, -0.15) is 0 Å². The van der Waals surface area contributed by atoms with Gasteiger partial charge < -0.3 is 0 Å². The molecule has 1 aromatic heterocycles. The molecule has 0 radical (unpaired) electrons. The molecular weight excluding hydrogens is 324 g/mol. The summed E-state index contributed by atoms with van der Waals surface area (Å²) < 4.78 is 2.33. The minimum Gasteiger partial charge on any atom is -0.287 e. The third-order valence-corrected chi connectivity index (χ3v) is 6.25. The number of rotatable bonds is 4. The molecule has 2 nitrogen and oxygen atoms in total. The molecule has 0 aliphatic heterocycles. The maximum atomic E-state index is 4.80. The van der Waals surface area contributed by atoms with E-state index in [0.29, 0.717) is 5.25 Å². The predicted molar refractivity (Wildman–Crippen MR) is 107 cm³/mol. The number of benzene rings is 2. The third kappa shape index (κ3) is 3.52. The van der Waals surface area contributed by atoms with Gasteiger partial charge in [0.15, 0.2) is 5.16 Å². The Bertz CT molecular complexity index is 841. The molecule has 1 aliphatic carbocycles. The van der Waals surface area contributed by atoms with Crippen LogP contribution in [-0.2, 0) is 0 Å². The Labute approximate surface area is 154 Å². The molecule has 3 heteroatoms. The number of imidazole rings is 1. The second kappa shape index (κ2) is 7.09. The van der Waals surface area contributed by atoms with Gasteiger partial charge in [-0.05, 0) is 38.8 Å². The fourth-order valence-electron chi connectivity index (χ4n) is 3.44. The van der Waals surface area contributed by atoms with E-state index in [0.717, 1.165) is 5.16 Å². The first-order chi connectivity index (χ1) is 12.2. The van der Waals surface area contributed by atoms with Crippen LogP contribution in [0.15, 0.2) is 59.9 Å². The van der Waals surface area contributed by atoms with E-state index in [-0.39, 0.29) is 0 Å². The zero-order chi connectivity index (χ0) is 17.2. The Hall–Kier alpha value is -2.00. The summed E-state index contributed by atoms with van der Waals surface area (Å²) in [5.41, 5.74) is 6.15. The number of hydrogen-bond donors (Lipinski definition) is 0. The van der Waals surface area contributed by atoms with Crippen molar-refractivity contribution in [3.8, 4) is 16.9 Å². The summed E-state index contributed by atoms with van der Waals surface area (Å²) in [5, 5.41) is 1.82. The Balaban J connectivity index is 1.79. The van der Waals surface area contributed by atoms with Crippen LogP contribution in [0, 0.1) is 13.8 Å². The first-order valence-electron chi connectivity index (χ1n) is 9.09. The van der Waals surface area contributed by atoms with E-state index in [4.69, 9.17) is 4.98 Å². The molecule has 0 amide bonds. The Kier molecular flexibility index (Phi) is 4.67. The summed E-state index contributed by atoms with van der Waals surface area (Å²) in [6, 6.07) is 17.5. The quantitative estimate of drug-likeness (QED) is 0.559. The highest BCUT2D eigenvalue weighted by Gasteiger charge is 2.21. The van der Waals surface area contributed by atoms with Gasteiger partial charge in [-0.15, -0.1) is 0 Å². The molecule has 0 spiro atoms. The summed E-state index contributed by atoms with van der Waals surface area (Å²) in [5.74, 6) is 0. The van der Waals surface area contributed by atoms with Crippen molar-refractivity contribution < 1.29 is 0 Å². The van der Waals surface area contributed by atoms with Crippen LogP contribution >= 0.6 is 11.8 Å². The largest absolute Gasteiger partial charge is 0.287 e. The minimum absolute atomic E-state index is 0.706. The molecular formula is C22H24N2S. The number of aromatic nitrogens is 2. The second-order valence-electron chi connectivity index (χ2n) is 6.99. The van der Waals surface area contributed by atoms with Gasteiger partial charge in [0, 0.05) is 16.5 Å². The van der Waals surface area contributed by atoms with E-state index in [9.17, 15) is 0 Å². The zero-order valence-electron chi connectivity index (χ0n) is 14.9. The van der Waals surface area contributed by atoms with Gasteiger partial charge in [0.1, 0.15) is 0 Å². The fraction of sp³-hybridized carbons (Fsp3) is 0.318. The van der Waals surface area contributed by atoms with Crippen LogP contribution in [-0.4, -0.2) is 14.8 Å². The Morgan fingerprint density at radius 3 is 2.12 bits per heavy atom. The SMILES string of the molecule is Cc1ccc(-c2cnc(SC3CCCC3)n2-c2ccc(C)cc2)cc1. The van der Waals surface area contributed by atoms with Gasteiger partial charge in [-0.1, -0.05) is 72.1 Å². The Morgan fingerprint density at radius 1 is 0.880 bits per heavy atom. The lowest BCUT2D eigenvalue weighted by Crippen LogP contribution is -2.02. The zero-order valence-corrected chi connectivity index (χ0v) is 15.7. The molecule has 3 aromatic rings. The molecule has 1 aliphatic rings. The molecule has 1 heterocycles. The highest BCUT2D eigenvalue weighted by molar-refractivity contribution is 7.99. The van der Waals surface area contributed by atoms with Gasteiger partial charge in [-0.3, -0.25) is 4.57 Å². The fourth-order valence-corrected chi connectivity index (χ4v) is 4.73.